The van der Waals surface area contributed by atoms with Gasteiger partial charge in [0, 0.05) is 7.05 Å². The van der Waals surface area contributed by atoms with Crippen LogP contribution in [0.25, 0.3) is 0 Å². The summed E-state index contributed by atoms with van der Waals surface area (Å²) < 4.78 is 0. The molecule has 0 aliphatic carbocycles. The quantitative estimate of drug-likeness (QED) is 0.620. The Morgan fingerprint density at radius 2 is 2.00 bits per heavy atom. The number of rotatable bonds is 3. The summed E-state index contributed by atoms with van der Waals surface area (Å²) in [6, 6.07) is -0.535. The van der Waals surface area contributed by atoms with E-state index in [-0.39, 0.29) is 5.92 Å². The zero-order valence-electron chi connectivity index (χ0n) is 6.94. The molecule has 0 saturated carbocycles. The van der Waals surface area contributed by atoms with Crippen molar-refractivity contribution < 1.29 is 14.7 Å². The Labute approximate surface area is 65.8 Å². The van der Waals surface area contributed by atoms with Crippen LogP contribution in [0.2, 0.25) is 0 Å². The Balaban J connectivity index is 4.25. The van der Waals surface area contributed by atoms with Crippen LogP contribution in [0, 0.1) is 5.92 Å². The Morgan fingerprint density at radius 1 is 1.55 bits per heavy atom. The van der Waals surface area contributed by atoms with Gasteiger partial charge in [-0.25, -0.2) is 4.79 Å². The number of hydrogen-bond acceptors (Lipinski definition) is 2. The van der Waals surface area contributed by atoms with Crippen molar-refractivity contribution in [2.75, 3.05) is 7.05 Å². The molecule has 1 atom stereocenters. The molecule has 0 aliphatic rings. The maximum absolute atomic E-state index is 10.4. The van der Waals surface area contributed by atoms with Gasteiger partial charge < -0.3 is 14.8 Å². The summed E-state index contributed by atoms with van der Waals surface area (Å²) in [6.45, 7) is 3.61. The standard InChI is InChI=1S/C7H13NO3/c1-5(2)6(4-9)8(3)7(10)11/h4-6H,1-3H3,(H,10,11). The third-order valence-corrected chi connectivity index (χ3v) is 1.57. The van der Waals surface area contributed by atoms with Gasteiger partial charge in [-0.1, -0.05) is 13.8 Å². The maximum Gasteiger partial charge on any atom is 0.407 e. The molecular weight excluding hydrogens is 146 g/mol. The minimum absolute atomic E-state index is 0.0219. The minimum Gasteiger partial charge on any atom is -0.465 e. The zero-order chi connectivity index (χ0) is 9.02. The fourth-order valence-corrected chi connectivity index (χ4v) is 0.823. The second kappa shape index (κ2) is 3.95. The minimum atomic E-state index is -1.07. The zero-order valence-corrected chi connectivity index (χ0v) is 6.94. The SMILES string of the molecule is CC(C)C(C=O)N(C)C(=O)O. The molecule has 0 heterocycles. The highest BCUT2D eigenvalue weighted by atomic mass is 16.4. The predicted octanol–water partition coefficient (Wildman–Crippen LogP) is 0.820. The van der Waals surface area contributed by atoms with Crippen molar-refractivity contribution in [3.8, 4) is 0 Å². The molecule has 0 saturated heterocycles. The van der Waals surface area contributed by atoms with Crippen molar-refractivity contribution in [2.24, 2.45) is 5.92 Å². The highest BCUT2D eigenvalue weighted by molar-refractivity contribution is 5.71. The summed E-state index contributed by atoms with van der Waals surface area (Å²) in [6.07, 6.45) is -0.422. The van der Waals surface area contributed by atoms with E-state index in [1.165, 1.54) is 7.05 Å². The van der Waals surface area contributed by atoms with Crippen LogP contribution in [0.5, 0.6) is 0 Å². The number of carbonyl (C=O) groups is 2. The lowest BCUT2D eigenvalue weighted by atomic mass is 10.1. The molecule has 0 bridgehead atoms. The van der Waals surface area contributed by atoms with Crippen LogP contribution in [0.15, 0.2) is 0 Å². The highest BCUT2D eigenvalue weighted by Crippen LogP contribution is 2.05. The van der Waals surface area contributed by atoms with E-state index in [4.69, 9.17) is 5.11 Å². The lowest BCUT2D eigenvalue weighted by Crippen LogP contribution is -2.40. The van der Waals surface area contributed by atoms with Crippen LogP contribution in [0.4, 0.5) is 4.79 Å². The molecule has 0 aromatic rings. The Morgan fingerprint density at radius 3 is 2.09 bits per heavy atom. The van der Waals surface area contributed by atoms with Crippen LogP contribution in [0.3, 0.4) is 0 Å². The third-order valence-electron chi connectivity index (χ3n) is 1.57. The first-order chi connectivity index (χ1) is 5.00. The van der Waals surface area contributed by atoms with Gasteiger partial charge in [0.2, 0.25) is 0 Å². The molecule has 1 N–H and O–H groups in total. The second-order valence-electron chi connectivity index (χ2n) is 2.76. The summed E-state index contributed by atoms with van der Waals surface area (Å²) in [5.74, 6) is 0.0219. The Kier molecular flexibility index (Phi) is 3.57. The average molecular weight is 159 g/mol. The van der Waals surface area contributed by atoms with Crippen LogP contribution in [0.1, 0.15) is 13.8 Å². The van der Waals surface area contributed by atoms with Gasteiger partial charge in [0.1, 0.15) is 6.29 Å². The van der Waals surface area contributed by atoms with E-state index >= 15 is 0 Å². The fourth-order valence-electron chi connectivity index (χ4n) is 0.823. The van der Waals surface area contributed by atoms with Crippen LogP contribution in [-0.2, 0) is 4.79 Å². The molecule has 0 fully saturated rings. The fraction of sp³-hybridized carbons (Fsp3) is 0.714. The first-order valence-electron chi connectivity index (χ1n) is 3.41. The van der Waals surface area contributed by atoms with Gasteiger partial charge in [-0.15, -0.1) is 0 Å². The number of likely N-dealkylation sites (N-methyl/N-ethyl adjacent to an activating group) is 1. The lowest BCUT2D eigenvalue weighted by Gasteiger charge is -2.23. The smallest absolute Gasteiger partial charge is 0.407 e. The molecule has 0 aromatic carbocycles. The van der Waals surface area contributed by atoms with E-state index in [1.807, 2.05) is 0 Å². The molecule has 11 heavy (non-hydrogen) atoms. The van der Waals surface area contributed by atoms with Gasteiger partial charge in [0.15, 0.2) is 0 Å². The molecule has 1 amide bonds. The molecule has 64 valence electrons. The van der Waals surface area contributed by atoms with E-state index in [2.05, 4.69) is 0 Å². The molecule has 0 radical (unpaired) electrons. The van der Waals surface area contributed by atoms with Gasteiger partial charge in [-0.2, -0.15) is 0 Å². The van der Waals surface area contributed by atoms with E-state index in [0.29, 0.717) is 6.29 Å². The van der Waals surface area contributed by atoms with Gasteiger partial charge >= 0.3 is 6.09 Å². The van der Waals surface area contributed by atoms with E-state index in [1.54, 1.807) is 13.8 Å². The highest BCUT2D eigenvalue weighted by Gasteiger charge is 2.21. The van der Waals surface area contributed by atoms with Crippen molar-refractivity contribution in [3.63, 3.8) is 0 Å². The second-order valence-corrected chi connectivity index (χ2v) is 2.76. The first-order valence-corrected chi connectivity index (χ1v) is 3.41. The maximum atomic E-state index is 10.4. The Bertz CT molecular complexity index is 156. The summed E-state index contributed by atoms with van der Waals surface area (Å²) in [5, 5.41) is 8.50. The number of hydrogen-bond donors (Lipinski definition) is 1. The van der Waals surface area contributed by atoms with Crippen molar-refractivity contribution in [1.29, 1.82) is 0 Å². The number of nitrogens with zero attached hydrogens (tertiary/aromatic N) is 1. The van der Waals surface area contributed by atoms with E-state index < -0.39 is 12.1 Å². The Hall–Kier alpha value is -1.06. The van der Waals surface area contributed by atoms with Crippen LogP contribution in [-0.4, -0.2) is 35.5 Å². The molecular formula is C7H13NO3. The number of carbonyl (C=O) groups excluding carboxylic acids is 1. The summed E-state index contributed by atoms with van der Waals surface area (Å²) in [4.78, 5) is 21.8. The molecule has 0 aliphatic heterocycles. The topological polar surface area (TPSA) is 57.6 Å². The lowest BCUT2D eigenvalue weighted by molar-refractivity contribution is -0.112. The average Bonchev–Trinajstić information content (AvgIpc) is 1.88. The first kappa shape index (κ1) is 9.94. The summed E-state index contributed by atoms with van der Waals surface area (Å²) in [7, 11) is 1.39. The van der Waals surface area contributed by atoms with Crippen molar-refractivity contribution in [1.82, 2.24) is 4.90 Å². The monoisotopic (exact) mass is 159 g/mol. The van der Waals surface area contributed by atoms with Crippen molar-refractivity contribution >= 4 is 12.4 Å². The van der Waals surface area contributed by atoms with Gasteiger partial charge in [0.05, 0.1) is 6.04 Å². The normalized spacial score (nSPS) is 12.7. The molecule has 0 aromatic heterocycles. The largest absolute Gasteiger partial charge is 0.465 e. The molecule has 4 heteroatoms. The number of amides is 1. The predicted molar refractivity (Wildman–Crippen MR) is 40.5 cm³/mol. The third kappa shape index (κ3) is 2.57. The van der Waals surface area contributed by atoms with Gasteiger partial charge in [-0.05, 0) is 5.92 Å². The van der Waals surface area contributed by atoms with Crippen molar-refractivity contribution in [3.05, 3.63) is 0 Å². The number of carboxylic acid groups (broad SMARTS) is 1. The van der Waals surface area contributed by atoms with Crippen LogP contribution < -0.4 is 0 Å². The molecule has 0 spiro atoms. The van der Waals surface area contributed by atoms with E-state index in [0.717, 1.165) is 4.90 Å². The number of aldehydes is 1. The van der Waals surface area contributed by atoms with Crippen LogP contribution >= 0.6 is 0 Å². The molecule has 0 rings (SSSR count). The van der Waals surface area contributed by atoms with Gasteiger partial charge in [-0.3, -0.25) is 0 Å². The van der Waals surface area contributed by atoms with Crippen molar-refractivity contribution in [2.45, 2.75) is 19.9 Å². The molecule has 4 nitrogen and oxygen atoms in total. The summed E-state index contributed by atoms with van der Waals surface area (Å²) in [5.41, 5.74) is 0. The summed E-state index contributed by atoms with van der Waals surface area (Å²) >= 11 is 0. The van der Waals surface area contributed by atoms with E-state index in [9.17, 15) is 9.59 Å². The van der Waals surface area contributed by atoms with Gasteiger partial charge in [0.25, 0.3) is 0 Å². The molecule has 1 unspecified atom stereocenters.